The van der Waals surface area contributed by atoms with Gasteiger partial charge >= 0.3 is 7.12 Å². The summed E-state index contributed by atoms with van der Waals surface area (Å²) in [5.74, 6) is 1.98. The molecule has 0 saturated carbocycles. The molecule has 0 spiro atoms. The summed E-state index contributed by atoms with van der Waals surface area (Å²) in [6.45, 7) is 11.2. The van der Waals surface area contributed by atoms with Gasteiger partial charge in [0.15, 0.2) is 0 Å². The molecule has 1 aliphatic heterocycles. The van der Waals surface area contributed by atoms with Crippen molar-refractivity contribution in [3.05, 3.63) is 12.1 Å². The van der Waals surface area contributed by atoms with Crippen molar-refractivity contribution in [3.63, 3.8) is 0 Å². The molecule has 0 amide bonds. The number of hydrogen-bond acceptors (Lipinski definition) is 4. The van der Waals surface area contributed by atoms with Crippen LogP contribution in [0.3, 0.4) is 0 Å². The van der Waals surface area contributed by atoms with Crippen LogP contribution in [0, 0.1) is 0 Å². The fraction of sp³-hybridized carbons (Fsp3) is 0.800. The van der Waals surface area contributed by atoms with E-state index in [1.54, 1.807) is 0 Å². The first-order valence-corrected chi connectivity index (χ1v) is 7.36. The smallest absolute Gasteiger partial charge is 0.400 e. The average molecular weight is 281 g/mol. The third-order valence-electron chi connectivity index (χ3n) is 4.40. The highest BCUT2D eigenvalue weighted by Gasteiger charge is 2.49. The zero-order valence-corrected chi connectivity index (χ0v) is 13.7. The van der Waals surface area contributed by atoms with Gasteiger partial charge in [-0.15, -0.1) is 0 Å². The highest BCUT2D eigenvalue weighted by molar-refractivity contribution is 6.51. The molecule has 114 valence electrons. The van der Waals surface area contributed by atoms with E-state index in [4.69, 9.17) is 9.31 Å². The largest absolute Gasteiger partial charge is 0.486 e. The average Bonchev–Trinajstić information content (AvgIpc) is 2.53. The molecule has 1 aliphatic rings. The molecule has 1 unspecified atom stereocenters. The number of aldehydes is 1. The Morgan fingerprint density at radius 2 is 1.75 bits per heavy atom. The molecule has 0 N–H and O–H groups in total. The number of hydrogen-bond donors (Lipinski definition) is 0. The van der Waals surface area contributed by atoms with E-state index in [9.17, 15) is 4.79 Å². The number of rotatable bonds is 7. The van der Waals surface area contributed by atoms with Gasteiger partial charge in [-0.25, -0.2) is 0 Å². The van der Waals surface area contributed by atoms with Gasteiger partial charge in [0.05, 0.1) is 11.2 Å². The molecule has 4 nitrogen and oxygen atoms in total. The van der Waals surface area contributed by atoms with Crippen LogP contribution in [0.2, 0.25) is 0 Å². The van der Waals surface area contributed by atoms with E-state index in [0.717, 1.165) is 19.3 Å². The Kier molecular flexibility index (Phi) is 5.98. The van der Waals surface area contributed by atoms with Crippen molar-refractivity contribution in [3.8, 4) is 0 Å². The van der Waals surface area contributed by atoms with E-state index in [-0.39, 0.29) is 24.4 Å². The zero-order valence-electron chi connectivity index (χ0n) is 13.7. The highest BCUT2D eigenvalue weighted by atomic mass is 16.7. The molecule has 5 heteroatoms. The van der Waals surface area contributed by atoms with Crippen LogP contribution in [-0.2, 0) is 14.1 Å². The van der Waals surface area contributed by atoms with Gasteiger partial charge in [-0.1, -0.05) is 12.1 Å². The van der Waals surface area contributed by atoms with Crippen LogP contribution in [0.5, 0.6) is 0 Å². The molecule has 0 aromatic heterocycles. The molecule has 0 radical (unpaired) electrons. The lowest BCUT2D eigenvalue weighted by molar-refractivity contribution is -0.108. The second kappa shape index (κ2) is 6.88. The van der Waals surface area contributed by atoms with Gasteiger partial charge in [0.2, 0.25) is 0 Å². The van der Waals surface area contributed by atoms with Gasteiger partial charge in [0.1, 0.15) is 6.29 Å². The maximum atomic E-state index is 10.5. The van der Waals surface area contributed by atoms with Crippen LogP contribution in [0.25, 0.3) is 0 Å². The van der Waals surface area contributed by atoms with Crippen LogP contribution >= 0.6 is 0 Å². The molecule has 1 saturated heterocycles. The molecule has 1 fully saturated rings. The summed E-state index contributed by atoms with van der Waals surface area (Å²) in [5.41, 5.74) is -0.561. The maximum Gasteiger partial charge on any atom is 0.486 e. The summed E-state index contributed by atoms with van der Waals surface area (Å²) in [5, 5.41) is 0. The summed E-state index contributed by atoms with van der Waals surface area (Å²) in [6, 6.07) is 0.290. The van der Waals surface area contributed by atoms with E-state index < -0.39 is 0 Å². The van der Waals surface area contributed by atoms with Gasteiger partial charge in [0, 0.05) is 19.0 Å². The Labute approximate surface area is 123 Å². The highest BCUT2D eigenvalue weighted by Crippen LogP contribution is 2.36. The number of nitrogens with zero attached hydrogens (tertiary/aromatic N) is 1. The molecule has 1 atom stereocenters. The van der Waals surface area contributed by atoms with Crippen molar-refractivity contribution >= 4 is 13.4 Å². The van der Waals surface area contributed by atoms with Crippen molar-refractivity contribution in [1.82, 2.24) is 4.90 Å². The standard InChI is InChI=1S/C15H28BNO3/c1-13(9-12-18)17(6)11-8-7-10-16-19-14(2,3)15(4,5)20-16/h7,10,12-13H,8-9,11H2,1-6H3/b10-7+. The summed E-state index contributed by atoms with van der Waals surface area (Å²) < 4.78 is 11.8. The molecule has 20 heavy (non-hydrogen) atoms. The summed E-state index contributed by atoms with van der Waals surface area (Å²) in [6.07, 6.45) is 4.56. The topological polar surface area (TPSA) is 38.8 Å². The predicted molar refractivity (Wildman–Crippen MR) is 82.6 cm³/mol. The minimum atomic E-state index is -0.280. The third-order valence-corrected chi connectivity index (χ3v) is 4.40. The van der Waals surface area contributed by atoms with Crippen molar-refractivity contribution in [1.29, 1.82) is 0 Å². The summed E-state index contributed by atoms with van der Waals surface area (Å²) >= 11 is 0. The summed E-state index contributed by atoms with van der Waals surface area (Å²) in [4.78, 5) is 12.7. The predicted octanol–water partition coefficient (Wildman–Crippen LogP) is 2.47. The Bertz CT molecular complexity index is 339. The van der Waals surface area contributed by atoms with Gasteiger partial charge in [-0.05, 0) is 48.1 Å². The van der Waals surface area contributed by atoms with Crippen molar-refractivity contribution < 1.29 is 14.1 Å². The quantitative estimate of drug-likeness (QED) is 0.531. The van der Waals surface area contributed by atoms with Crippen molar-refractivity contribution in [2.45, 2.75) is 64.7 Å². The second-order valence-corrected chi connectivity index (χ2v) is 6.57. The normalized spacial score (nSPS) is 22.6. The molecule has 0 aromatic carbocycles. The van der Waals surface area contributed by atoms with E-state index in [2.05, 4.69) is 45.6 Å². The van der Waals surface area contributed by atoms with E-state index in [1.165, 1.54) is 0 Å². The SMILES string of the molecule is CC(CC=O)N(C)CC/C=C/B1OC(C)(C)C(C)(C)O1. The Morgan fingerprint density at radius 1 is 1.20 bits per heavy atom. The van der Waals surface area contributed by atoms with Crippen LogP contribution in [0.4, 0.5) is 0 Å². The van der Waals surface area contributed by atoms with Crippen LogP contribution in [0.1, 0.15) is 47.5 Å². The summed E-state index contributed by atoms with van der Waals surface area (Å²) in [7, 11) is 1.77. The zero-order chi connectivity index (χ0) is 15.4. The van der Waals surface area contributed by atoms with Crippen LogP contribution in [-0.4, -0.2) is 49.1 Å². The van der Waals surface area contributed by atoms with Gasteiger partial charge in [-0.3, -0.25) is 0 Å². The van der Waals surface area contributed by atoms with Crippen molar-refractivity contribution in [2.75, 3.05) is 13.6 Å². The molecule has 1 heterocycles. The molecule has 0 aromatic rings. The van der Waals surface area contributed by atoms with E-state index in [0.29, 0.717) is 6.42 Å². The first-order chi connectivity index (χ1) is 9.19. The van der Waals surface area contributed by atoms with Gasteiger partial charge < -0.3 is 19.0 Å². The second-order valence-electron chi connectivity index (χ2n) is 6.57. The minimum Gasteiger partial charge on any atom is -0.400 e. The number of carbonyl (C=O) groups is 1. The number of carbonyl (C=O) groups excluding carboxylic acids is 1. The van der Waals surface area contributed by atoms with Crippen LogP contribution < -0.4 is 0 Å². The van der Waals surface area contributed by atoms with Crippen molar-refractivity contribution in [2.24, 2.45) is 0 Å². The third kappa shape index (κ3) is 4.43. The molecule has 1 rings (SSSR count). The lowest BCUT2D eigenvalue weighted by Gasteiger charge is -2.32. The first kappa shape index (κ1) is 17.4. The Balaban J connectivity index is 2.35. The lowest BCUT2D eigenvalue weighted by Crippen LogP contribution is -2.41. The van der Waals surface area contributed by atoms with E-state index >= 15 is 0 Å². The molecular formula is C15H28BNO3. The Hall–Kier alpha value is -0.645. The maximum absolute atomic E-state index is 10.5. The lowest BCUT2D eigenvalue weighted by atomic mass is 9.90. The first-order valence-electron chi connectivity index (χ1n) is 7.36. The molecule has 0 bridgehead atoms. The Morgan fingerprint density at radius 3 is 2.25 bits per heavy atom. The fourth-order valence-electron chi connectivity index (χ4n) is 1.99. The van der Waals surface area contributed by atoms with Gasteiger partial charge in [0.25, 0.3) is 0 Å². The fourth-order valence-corrected chi connectivity index (χ4v) is 1.99. The molecular weight excluding hydrogens is 253 g/mol. The minimum absolute atomic E-state index is 0.266. The van der Waals surface area contributed by atoms with Gasteiger partial charge in [-0.2, -0.15) is 0 Å². The molecule has 0 aliphatic carbocycles. The van der Waals surface area contributed by atoms with Crippen LogP contribution in [0.15, 0.2) is 12.1 Å². The monoisotopic (exact) mass is 281 g/mol. The van der Waals surface area contributed by atoms with E-state index in [1.807, 2.05) is 13.0 Å².